The van der Waals surface area contributed by atoms with E-state index < -0.39 is 0 Å². The van der Waals surface area contributed by atoms with E-state index in [1.54, 1.807) is 48.5 Å². The van der Waals surface area contributed by atoms with Crippen LogP contribution >= 0.6 is 12.2 Å². The molecule has 0 aliphatic carbocycles. The second-order valence-electron chi connectivity index (χ2n) is 6.96. The average molecular weight is 414 g/mol. The largest absolute Gasteiger partial charge is 0.491 e. The van der Waals surface area contributed by atoms with Gasteiger partial charge >= 0.3 is 0 Å². The highest BCUT2D eigenvalue weighted by Crippen LogP contribution is 2.15. The van der Waals surface area contributed by atoms with Gasteiger partial charge in [-0.1, -0.05) is 13.0 Å². The molecule has 0 aliphatic heterocycles. The summed E-state index contributed by atoms with van der Waals surface area (Å²) in [6.45, 7) is 7.82. The molecule has 2 amide bonds. The molecule has 0 saturated heterocycles. The monoisotopic (exact) mass is 413 g/mol. The normalized spacial score (nSPS) is 11.5. The highest BCUT2D eigenvalue weighted by atomic mass is 32.1. The van der Waals surface area contributed by atoms with Crippen LogP contribution in [-0.4, -0.2) is 29.1 Å². The van der Waals surface area contributed by atoms with E-state index in [0.717, 1.165) is 6.42 Å². The topological polar surface area (TPSA) is 79.5 Å². The van der Waals surface area contributed by atoms with Gasteiger partial charge in [-0.15, -0.1) is 0 Å². The van der Waals surface area contributed by atoms with E-state index in [-0.39, 0.29) is 29.1 Å². The van der Waals surface area contributed by atoms with Crippen LogP contribution in [0.2, 0.25) is 0 Å². The molecule has 1 atom stereocenters. The van der Waals surface area contributed by atoms with Crippen LogP contribution in [0.25, 0.3) is 0 Å². The highest BCUT2D eigenvalue weighted by Gasteiger charge is 2.11. The van der Waals surface area contributed by atoms with E-state index in [1.807, 2.05) is 27.7 Å². The fraction of sp³-hybridized carbons (Fsp3) is 0.318. The Bertz CT molecular complexity index is 866. The van der Waals surface area contributed by atoms with E-state index in [2.05, 4.69) is 16.0 Å². The lowest BCUT2D eigenvalue weighted by molar-refractivity contribution is 0.0937. The Morgan fingerprint density at radius 2 is 1.69 bits per heavy atom. The number of carbonyl (C=O) groups is 2. The van der Waals surface area contributed by atoms with Gasteiger partial charge in [0, 0.05) is 22.9 Å². The number of thiocarbonyl (C=S) groups is 1. The lowest BCUT2D eigenvalue weighted by Gasteiger charge is -2.13. The van der Waals surface area contributed by atoms with Crippen LogP contribution in [0, 0.1) is 0 Å². The maximum absolute atomic E-state index is 12.4. The molecule has 2 rings (SSSR count). The van der Waals surface area contributed by atoms with Crippen molar-refractivity contribution in [3.63, 3.8) is 0 Å². The molecule has 3 N–H and O–H groups in total. The summed E-state index contributed by atoms with van der Waals surface area (Å²) in [7, 11) is 0. The fourth-order valence-electron chi connectivity index (χ4n) is 2.43. The van der Waals surface area contributed by atoms with E-state index >= 15 is 0 Å². The summed E-state index contributed by atoms with van der Waals surface area (Å²) >= 11 is 5.22. The van der Waals surface area contributed by atoms with Gasteiger partial charge in [0.15, 0.2) is 5.11 Å². The first kappa shape index (κ1) is 22.4. The molecule has 2 aromatic rings. The molecular formula is C22H27N3O3S. The molecule has 154 valence electrons. The summed E-state index contributed by atoms with van der Waals surface area (Å²) in [5.41, 5.74) is 1.68. The highest BCUT2D eigenvalue weighted by molar-refractivity contribution is 7.80. The molecule has 2 aromatic carbocycles. The number of anilines is 1. The molecule has 0 radical (unpaired) electrons. The van der Waals surface area contributed by atoms with Crippen molar-refractivity contribution >= 4 is 34.8 Å². The van der Waals surface area contributed by atoms with Crippen LogP contribution in [0.5, 0.6) is 5.75 Å². The third-order valence-electron chi connectivity index (χ3n) is 4.09. The van der Waals surface area contributed by atoms with Crippen molar-refractivity contribution < 1.29 is 14.3 Å². The predicted molar refractivity (Wildman–Crippen MR) is 120 cm³/mol. The van der Waals surface area contributed by atoms with E-state index in [9.17, 15) is 9.59 Å². The van der Waals surface area contributed by atoms with Crippen molar-refractivity contribution in [2.75, 3.05) is 5.32 Å². The lowest BCUT2D eigenvalue weighted by atomic mass is 10.1. The van der Waals surface area contributed by atoms with Gasteiger partial charge in [-0.2, -0.15) is 0 Å². The predicted octanol–water partition coefficient (Wildman–Crippen LogP) is 4.13. The maximum atomic E-state index is 12.4. The van der Waals surface area contributed by atoms with Crippen LogP contribution in [0.15, 0.2) is 48.5 Å². The summed E-state index contributed by atoms with van der Waals surface area (Å²) < 4.78 is 5.61. The van der Waals surface area contributed by atoms with Crippen molar-refractivity contribution in [1.29, 1.82) is 0 Å². The first-order chi connectivity index (χ1) is 13.8. The van der Waals surface area contributed by atoms with Crippen molar-refractivity contribution in [1.82, 2.24) is 10.6 Å². The second kappa shape index (κ2) is 10.6. The van der Waals surface area contributed by atoms with Crippen molar-refractivity contribution in [3.05, 3.63) is 59.7 Å². The minimum Gasteiger partial charge on any atom is -0.491 e. The number of hydrogen-bond acceptors (Lipinski definition) is 4. The standard InChI is InChI=1S/C22H27N3O3S/c1-5-15(4)23-20(26)16-9-11-18(12-10-16)24-22(29)25-21(27)17-7-6-8-19(13-17)28-14(2)3/h6-15H,5H2,1-4H3,(H,23,26)(H2,24,25,27,29). The van der Waals surface area contributed by atoms with E-state index in [1.165, 1.54) is 0 Å². The van der Waals surface area contributed by atoms with Crippen LogP contribution < -0.4 is 20.7 Å². The Labute approximate surface area is 177 Å². The van der Waals surface area contributed by atoms with E-state index in [4.69, 9.17) is 17.0 Å². The second-order valence-corrected chi connectivity index (χ2v) is 7.37. The van der Waals surface area contributed by atoms with Gasteiger partial charge in [-0.05, 0) is 81.9 Å². The quantitative estimate of drug-likeness (QED) is 0.595. The van der Waals surface area contributed by atoms with Crippen LogP contribution in [0.3, 0.4) is 0 Å². The summed E-state index contributed by atoms with van der Waals surface area (Å²) in [5.74, 6) is 0.171. The van der Waals surface area contributed by atoms with Crippen LogP contribution in [0.1, 0.15) is 54.8 Å². The minimum atomic E-state index is -0.332. The van der Waals surface area contributed by atoms with Gasteiger partial charge in [0.1, 0.15) is 5.75 Å². The Morgan fingerprint density at radius 1 is 1.00 bits per heavy atom. The molecule has 6 nitrogen and oxygen atoms in total. The summed E-state index contributed by atoms with van der Waals surface area (Å²) in [5, 5.41) is 8.67. The van der Waals surface area contributed by atoms with Crippen molar-refractivity contribution in [2.24, 2.45) is 0 Å². The van der Waals surface area contributed by atoms with Gasteiger partial charge < -0.3 is 15.4 Å². The molecule has 0 bridgehead atoms. The zero-order chi connectivity index (χ0) is 21.4. The third-order valence-corrected chi connectivity index (χ3v) is 4.29. The van der Waals surface area contributed by atoms with E-state index in [0.29, 0.717) is 22.6 Å². The smallest absolute Gasteiger partial charge is 0.257 e. The van der Waals surface area contributed by atoms with Crippen LogP contribution in [-0.2, 0) is 0 Å². The maximum Gasteiger partial charge on any atom is 0.257 e. The molecule has 0 fully saturated rings. The molecule has 0 aliphatic rings. The van der Waals surface area contributed by atoms with Gasteiger partial charge in [-0.25, -0.2) is 0 Å². The molecule has 0 heterocycles. The minimum absolute atomic E-state index is 0.0197. The molecule has 0 saturated carbocycles. The van der Waals surface area contributed by atoms with Crippen LogP contribution in [0.4, 0.5) is 5.69 Å². The molecule has 1 unspecified atom stereocenters. The zero-order valence-corrected chi connectivity index (χ0v) is 17.9. The van der Waals surface area contributed by atoms with Gasteiger partial charge in [0.2, 0.25) is 0 Å². The number of rotatable bonds is 7. The number of hydrogen-bond donors (Lipinski definition) is 3. The average Bonchev–Trinajstić information content (AvgIpc) is 2.67. The number of nitrogens with one attached hydrogen (secondary N) is 3. The summed E-state index contributed by atoms with van der Waals surface area (Å²) in [6, 6.07) is 13.9. The lowest BCUT2D eigenvalue weighted by Crippen LogP contribution is -2.34. The summed E-state index contributed by atoms with van der Waals surface area (Å²) in [6.07, 6.45) is 0.887. The first-order valence-corrected chi connectivity index (χ1v) is 9.99. The number of amides is 2. The Balaban J connectivity index is 1.93. The molecule has 0 spiro atoms. The van der Waals surface area contributed by atoms with Gasteiger partial charge in [0.05, 0.1) is 6.10 Å². The summed E-state index contributed by atoms with van der Waals surface area (Å²) in [4.78, 5) is 24.5. The first-order valence-electron chi connectivity index (χ1n) is 9.58. The zero-order valence-electron chi connectivity index (χ0n) is 17.1. The molecule has 0 aromatic heterocycles. The Kier molecular flexibility index (Phi) is 8.15. The molecule has 7 heteroatoms. The molecular weight excluding hydrogens is 386 g/mol. The Morgan fingerprint density at radius 3 is 2.31 bits per heavy atom. The number of carbonyl (C=O) groups excluding carboxylic acids is 2. The Hall–Kier alpha value is -2.93. The van der Waals surface area contributed by atoms with Crippen molar-refractivity contribution in [2.45, 2.75) is 46.3 Å². The number of ether oxygens (including phenoxy) is 1. The fourth-order valence-corrected chi connectivity index (χ4v) is 2.65. The van der Waals surface area contributed by atoms with Gasteiger partial charge in [-0.3, -0.25) is 14.9 Å². The van der Waals surface area contributed by atoms with Gasteiger partial charge in [0.25, 0.3) is 11.8 Å². The number of benzene rings is 2. The third kappa shape index (κ3) is 7.19. The molecule has 29 heavy (non-hydrogen) atoms. The SMILES string of the molecule is CCC(C)NC(=O)c1ccc(NC(=S)NC(=O)c2cccc(OC(C)C)c2)cc1. The van der Waals surface area contributed by atoms with Crippen molar-refractivity contribution in [3.8, 4) is 5.75 Å².